The number of hydrogen-bond acceptors (Lipinski definition) is 6. The molecule has 0 spiro atoms. The highest BCUT2D eigenvalue weighted by Crippen LogP contribution is 2.41. The zero-order valence-corrected chi connectivity index (χ0v) is 17.5. The van der Waals surface area contributed by atoms with E-state index < -0.39 is 5.97 Å². The number of benzene rings is 2. The summed E-state index contributed by atoms with van der Waals surface area (Å²) in [7, 11) is 1.51. The third-order valence-electron chi connectivity index (χ3n) is 4.85. The number of rotatable bonds is 6. The molecule has 2 aromatic carbocycles. The number of nitrogens with zero attached hydrogens (tertiary/aromatic N) is 3. The molecule has 152 valence electrons. The second-order valence-electron chi connectivity index (χ2n) is 6.76. The summed E-state index contributed by atoms with van der Waals surface area (Å²) in [5, 5.41) is 19.8. The number of aromatic nitrogens is 3. The monoisotopic (exact) mass is 420 g/mol. The summed E-state index contributed by atoms with van der Waals surface area (Å²) in [6.45, 7) is 4.02. The second kappa shape index (κ2) is 8.00. The van der Waals surface area contributed by atoms with E-state index in [9.17, 15) is 9.90 Å². The Kier molecular flexibility index (Phi) is 5.24. The summed E-state index contributed by atoms with van der Waals surface area (Å²) >= 11 is 1.59. The average Bonchev–Trinajstić information content (AvgIpc) is 3.45. The maximum atomic E-state index is 12.0. The van der Waals surface area contributed by atoms with Crippen molar-refractivity contribution in [3.8, 4) is 16.3 Å². The molecule has 0 aliphatic carbocycles. The van der Waals surface area contributed by atoms with Crippen molar-refractivity contribution in [2.24, 2.45) is 0 Å². The highest BCUT2D eigenvalue weighted by atomic mass is 32.1. The quantitative estimate of drug-likeness (QED) is 0.438. The Labute approximate surface area is 177 Å². The van der Waals surface area contributed by atoms with E-state index in [-0.39, 0.29) is 5.56 Å². The van der Waals surface area contributed by atoms with Crippen LogP contribution in [0.1, 0.15) is 21.5 Å². The number of aromatic amines is 1. The predicted octanol–water partition coefficient (Wildman–Crippen LogP) is 5.33. The Morgan fingerprint density at radius 1 is 1.10 bits per heavy atom. The number of H-pyrrole nitrogens is 1. The minimum atomic E-state index is -1.04. The SMILES string of the molecule is COc1ccc(N(c2ccn[nH]2)c2cc(C)c(-c3nccs3)cc2C)c(C(=O)O)c1. The van der Waals surface area contributed by atoms with E-state index >= 15 is 0 Å². The lowest BCUT2D eigenvalue weighted by atomic mass is 10.0. The predicted molar refractivity (Wildman–Crippen MR) is 117 cm³/mol. The minimum Gasteiger partial charge on any atom is -0.497 e. The normalized spacial score (nSPS) is 10.8. The lowest BCUT2D eigenvalue weighted by Gasteiger charge is -2.27. The molecule has 0 atom stereocenters. The number of carbonyl (C=O) groups is 1. The molecule has 0 aliphatic heterocycles. The number of hydrogen-bond donors (Lipinski definition) is 2. The van der Waals surface area contributed by atoms with E-state index in [1.54, 1.807) is 41.9 Å². The highest BCUT2D eigenvalue weighted by Gasteiger charge is 2.23. The summed E-state index contributed by atoms with van der Waals surface area (Å²) in [5.74, 6) is 0.0992. The van der Waals surface area contributed by atoms with Crippen molar-refractivity contribution in [2.45, 2.75) is 13.8 Å². The molecule has 7 nitrogen and oxygen atoms in total. The first kappa shape index (κ1) is 19.7. The fourth-order valence-electron chi connectivity index (χ4n) is 3.40. The first-order chi connectivity index (χ1) is 14.5. The van der Waals surface area contributed by atoms with Crippen LogP contribution < -0.4 is 9.64 Å². The molecule has 0 aliphatic rings. The van der Waals surface area contributed by atoms with Crippen LogP contribution in [0, 0.1) is 13.8 Å². The van der Waals surface area contributed by atoms with Gasteiger partial charge >= 0.3 is 5.97 Å². The summed E-state index contributed by atoms with van der Waals surface area (Å²) in [4.78, 5) is 18.3. The van der Waals surface area contributed by atoms with E-state index in [1.165, 1.54) is 13.2 Å². The fourth-order valence-corrected chi connectivity index (χ4v) is 4.12. The van der Waals surface area contributed by atoms with Crippen LogP contribution in [0.25, 0.3) is 10.6 Å². The molecular formula is C22H20N4O3S. The highest BCUT2D eigenvalue weighted by molar-refractivity contribution is 7.13. The number of thiazole rings is 1. The zero-order chi connectivity index (χ0) is 21.3. The molecule has 0 amide bonds. The van der Waals surface area contributed by atoms with Gasteiger partial charge < -0.3 is 9.84 Å². The largest absolute Gasteiger partial charge is 0.497 e. The Bertz CT molecular complexity index is 1190. The van der Waals surface area contributed by atoms with E-state index in [4.69, 9.17) is 4.74 Å². The van der Waals surface area contributed by atoms with Gasteiger partial charge in [0.25, 0.3) is 0 Å². The van der Waals surface area contributed by atoms with Gasteiger partial charge in [-0.05, 0) is 55.3 Å². The third kappa shape index (κ3) is 3.53. The van der Waals surface area contributed by atoms with Gasteiger partial charge in [-0.15, -0.1) is 11.3 Å². The topological polar surface area (TPSA) is 91.3 Å². The van der Waals surface area contributed by atoms with Crippen molar-refractivity contribution in [3.63, 3.8) is 0 Å². The molecule has 0 unspecified atom stereocenters. The molecule has 2 aromatic heterocycles. The number of aryl methyl sites for hydroxylation is 2. The zero-order valence-electron chi connectivity index (χ0n) is 16.7. The Balaban J connectivity index is 1.93. The van der Waals surface area contributed by atoms with E-state index in [0.717, 1.165) is 27.4 Å². The lowest BCUT2D eigenvalue weighted by Crippen LogP contribution is -2.16. The molecule has 0 fully saturated rings. The van der Waals surface area contributed by atoms with Crippen LogP contribution in [0.4, 0.5) is 17.2 Å². The van der Waals surface area contributed by atoms with Crippen LogP contribution in [-0.4, -0.2) is 33.4 Å². The van der Waals surface area contributed by atoms with Gasteiger partial charge in [0.05, 0.1) is 30.2 Å². The van der Waals surface area contributed by atoms with Crippen molar-refractivity contribution < 1.29 is 14.6 Å². The number of nitrogens with one attached hydrogen (secondary N) is 1. The maximum Gasteiger partial charge on any atom is 0.337 e. The first-order valence-electron chi connectivity index (χ1n) is 9.21. The summed E-state index contributed by atoms with van der Waals surface area (Å²) in [6, 6.07) is 10.9. The molecule has 2 heterocycles. The summed E-state index contributed by atoms with van der Waals surface area (Å²) < 4.78 is 5.23. The van der Waals surface area contributed by atoms with Crippen LogP contribution >= 0.6 is 11.3 Å². The van der Waals surface area contributed by atoms with Crippen molar-refractivity contribution in [1.82, 2.24) is 15.2 Å². The molecule has 0 saturated heterocycles. The molecule has 0 bridgehead atoms. The average molecular weight is 420 g/mol. The smallest absolute Gasteiger partial charge is 0.337 e. The Morgan fingerprint density at radius 2 is 1.93 bits per heavy atom. The summed E-state index contributed by atoms with van der Waals surface area (Å²) in [6.07, 6.45) is 3.43. The van der Waals surface area contributed by atoms with E-state index in [2.05, 4.69) is 21.2 Å². The first-order valence-corrected chi connectivity index (χ1v) is 10.1. The summed E-state index contributed by atoms with van der Waals surface area (Å²) in [5.41, 5.74) is 4.57. The van der Waals surface area contributed by atoms with Gasteiger partial charge in [0.2, 0.25) is 0 Å². The van der Waals surface area contributed by atoms with Gasteiger partial charge in [0.1, 0.15) is 16.6 Å². The standard InChI is InChI=1S/C22H20N4O3S/c1-13-11-19(14(2)10-16(13)21-23-8-9-30-21)26(20-6-7-24-25-20)18-5-4-15(29-3)12-17(18)22(27)28/h4-12H,1-3H3,(H,24,25)(H,27,28). The van der Waals surface area contributed by atoms with Gasteiger partial charge in [-0.1, -0.05) is 0 Å². The lowest BCUT2D eigenvalue weighted by molar-refractivity contribution is 0.0697. The van der Waals surface area contributed by atoms with Crippen molar-refractivity contribution in [3.05, 3.63) is 70.9 Å². The van der Waals surface area contributed by atoms with Crippen LogP contribution in [0.15, 0.2) is 54.2 Å². The molecule has 8 heteroatoms. The van der Waals surface area contributed by atoms with Crippen molar-refractivity contribution in [2.75, 3.05) is 12.0 Å². The Morgan fingerprint density at radius 3 is 2.57 bits per heavy atom. The second-order valence-corrected chi connectivity index (χ2v) is 7.65. The molecule has 0 saturated carbocycles. The molecular weight excluding hydrogens is 400 g/mol. The van der Waals surface area contributed by atoms with Gasteiger partial charge in [-0.2, -0.15) is 5.10 Å². The third-order valence-corrected chi connectivity index (χ3v) is 5.65. The Hall–Kier alpha value is -3.65. The maximum absolute atomic E-state index is 12.0. The molecule has 4 rings (SSSR count). The van der Waals surface area contributed by atoms with Gasteiger partial charge in [-0.25, -0.2) is 9.78 Å². The number of ether oxygens (including phenoxy) is 1. The number of carboxylic acid groups (broad SMARTS) is 1. The molecule has 4 aromatic rings. The number of aromatic carboxylic acids is 1. The van der Waals surface area contributed by atoms with Gasteiger partial charge in [0.15, 0.2) is 0 Å². The van der Waals surface area contributed by atoms with E-state index in [0.29, 0.717) is 17.3 Å². The van der Waals surface area contributed by atoms with Crippen LogP contribution in [-0.2, 0) is 0 Å². The van der Waals surface area contributed by atoms with Crippen molar-refractivity contribution in [1.29, 1.82) is 0 Å². The molecule has 30 heavy (non-hydrogen) atoms. The number of methoxy groups -OCH3 is 1. The van der Waals surface area contributed by atoms with Gasteiger partial charge in [-0.3, -0.25) is 10.00 Å². The van der Waals surface area contributed by atoms with Crippen LogP contribution in [0.3, 0.4) is 0 Å². The number of anilines is 3. The fraction of sp³-hybridized carbons (Fsp3) is 0.136. The van der Waals surface area contributed by atoms with Crippen LogP contribution in [0.5, 0.6) is 5.75 Å². The molecule has 2 N–H and O–H groups in total. The van der Waals surface area contributed by atoms with Crippen LogP contribution in [0.2, 0.25) is 0 Å². The number of carboxylic acids is 1. The van der Waals surface area contributed by atoms with E-state index in [1.807, 2.05) is 30.2 Å². The minimum absolute atomic E-state index is 0.130. The van der Waals surface area contributed by atoms with Gasteiger partial charge in [0, 0.05) is 23.2 Å². The van der Waals surface area contributed by atoms with Crippen molar-refractivity contribution >= 4 is 34.5 Å². The molecule has 0 radical (unpaired) electrons.